The van der Waals surface area contributed by atoms with Gasteiger partial charge in [0.05, 0.1) is 34.1 Å². The molecule has 4 aliphatic rings. The van der Waals surface area contributed by atoms with Gasteiger partial charge in [0.15, 0.2) is 23.0 Å². The van der Waals surface area contributed by atoms with Crippen molar-refractivity contribution in [2.24, 2.45) is 0 Å². The monoisotopic (exact) mass is 1570 g/mol. The zero-order valence-electron chi connectivity index (χ0n) is 70.3. The van der Waals surface area contributed by atoms with Gasteiger partial charge in [0.25, 0.3) is 6.71 Å². The van der Waals surface area contributed by atoms with E-state index in [0.29, 0.717) is 0 Å². The summed E-state index contributed by atoms with van der Waals surface area (Å²) in [6, 6.07) is 124. The van der Waals surface area contributed by atoms with Crippen molar-refractivity contribution in [2.45, 2.75) is 105 Å². The van der Waals surface area contributed by atoms with Crippen LogP contribution in [0, 0.1) is 0 Å². The van der Waals surface area contributed by atoms with E-state index in [9.17, 15) is 0 Å². The van der Waals surface area contributed by atoms with Crippen LogP contribution < -0.4 is 45.5 Å². The molecule has 2 aromatic heterocycles. The first-order valence-electron chi connectivity index (χ1n) is 42.4. The molecule has 0 aliphatic carbocycles. The van der Waals surface area contributed by atoms with Gasteiger partial charge in [-0.15, -0.1) is 0 Å². The van der Waals surface area contributed by atoms with Crippen LogP contribution in [0.4, 0.5) is 68.2 Å². The van der Waals surface area contributed by atoms with Crippen molar-refractivity contribution in [1.29, 1.82) is 0 Å². The van der Waals surface area contributed by atoms with Crippen molar-refractivity contribution in [3.8, 4) is 78.6 Å². The van der Waals surface area contributed by atoms with Crippen molar-refractivity contribution in [3.63, 3.8) is 0 Å². The van der Waals surface area contributed by atoms with Crippen LogP contribution in [-0.4, -0.2) is 6.71 Å². The lowest BCUT2D eigenvalue weighted by Gasteiger charge is -2.47. The highest BCUT2D eigenvalue weighted by atomic mass is 16.5. The molecule has 18 aromatic rings. The summed E-state index contributed by atoms with van der Waals surface area (Å²) in [5, 5.41) is 4.22. The van der Waals surface area contributed by atoms with Crippen molar-refractivity contribution in [2.75, 3.05) is 19.6 Å². The summed E-state index contributed by atoms with van der Waals surface area (Å²) in [6.07, 6.45) is 0. The van der Waals surface area contributed by atoms with Crippen LogP contribution in [0.1, 0.15) is 105 Å². The van der Waals surface area contributed by atoms with Crippen molar-refractivity contribution < 1.29 is 18.3 Å². The van der Waals surface area contributed by atoms with E-state index in [1.54, 1.807) is 0 Å². The van der Waals surface area contributed by atoms with E-state index in [0.717, 1.165) is 207 Å². The van der Waals surface area contributed by atoms with E-state index in [1.807, 2.05) is 0 Å². The topological polar surface area (TPSA) is 57.7 Å². The molecular weight excluding hydrogens is 1480 g/mol. The molecular formula is C112H91BN4O4. The quantitative estimate of drug-likeness (QED) is 0.133. The summed E-state index contributed by atoms with van der Waals surface area (Å²) in [4.78, 5) is 10.2. The second kappa shape index (κ2) is 27.3. The molecule has 0 unspecified atom stereocenters. The fraction of sp³-hybridized carbons (Fsp3) is 0.143. The highest BCUT2D eigenvalue weighted by Gasteiger charge is 2.48. The Balaban J connectivity index is 0.944. The molecule has 8 nitrogen and oxygen atoms in total. The van der Waals surface area contributed by atoms with E-state index in [1.165, 1.54) is 22.3 Å². The Kier molecular flexibility index (Phi) is 16.5. The Labute approximate surface area is 707 Å². The summed E-state index contributed by atoms with van der Waals surface area (Å²) in [7, 11) is 0. The normalized spacial score (nSPS) is 13.5. The molecule has 0 saturated carbocycles. The number of furan rings is 2. The number of hydrogen-bond acceptors (Lipinski definition) is 8. The van der Waals surface area contributed by atoms with E-state index in [2.05, 4.69) is 436 Å². The molecule has 9 heteroatoms. The van der Waals surface area contributed by atoms with Gasteiger partial charge in [-0.2, -0.15) is 0 Å². The zero-order valence-corrected chi connectivity index (χ0v) is 70.3. The standard InChI is InChI=1S/C112H91BN4O4/c1-109(2,3)72-52-48-69(49-53-72)82-62-74(111(7,8)9)64-84(78-34-28-46-102-104(78)80-32-16-22-40-96(80)118-102)107(82)116-92-66-76(114-88-36-18-24-42-98(88)120-99-43-25-19-37-89(99)114)56-58-86(92)113-87-59-57-77(115-90-38-20-26-44-100(90)121-101-45-27-21-39-91(101)115)67-93(87)117(95-61-71(60-94(116)106(95)113)68-30-14-13-15-31-68)108-83(70-50-54-73(55-51-70)110(4,5)6)63-75(112(10,11)12)65-85(108)79-35-29-47-103-105(79)81-33-17-23-41-97(81)119-103/h13-67H,1-12H3. The van der Waals surface area contributed by atoms with Crippen LogP contribution in [0.25, 0.3) is 99.5 Å². The number of fused-ring (bicyclic) bond motifs is 14. The van der Waals surface area contributed by atoms with Crippen molar-refractivity contribution in [3.05, 3.63) is 356 Å². The molecule has 4 aliphatic heterocycles. The molecule has 0 N–H and O–H groups in total. The number of anilines is 12. The third-order valence-corrected chi connectivity index (χ3v) is 25.4. The molecule has 586 valence electrons. The zero-order chi connectivity index (χ0) is 82.3. The molecule has 121 heavy (non-hydrogen) atoms. The van der Waals surface area contributed by atoms with Gasteiger partial charge in [-0.25, -0.2) is 0 Å². The Morgan fingerprint density at radius 2 is 0.579 bits per heavy atom. The number of ether oxygens (including phenoxy) is 2. The van der Waals surface area contributed by atoms with Gasteiger partial charge in [0, 0.05) is 77.9 Å². The highest BCUT2D eigenvalue weighted by molar-refractivity contribution is 7.00. The summed E-state index contributed by atoms with van der Waals surface area (Å²) in [5.41, 5.74) is 33.5. The van der Waals surface area contributed by atoms with Gasteiger partial charge in [0.1, 0.15) is 22.3 Å². The minimum atomic E-state index is -0.398. The molecule has 22 rings (SSSR count). The Morgan fingerprint density at radius 1 is 0.231 bits per heavy atom. The van der Waals surface area contributed by atoms with E-state index in [-0.39, 0.29) is 21.7 Å². The fourth-order valence-electron chi connectivity index (χ4n) is 19.3. The maximum Gasteiger partial charge on any atom is 0.252 e. The Morgan fingerprint density at radius 3 is 0.967 bits per heavy atom. The van der Waals surface area contributed by atoms with Gasteiger partial charge in [-0.3, -0.25) is 0 Å². The lowest BCUT2D eigenvalue weighted by molar-refractivity contribution is 0.477. The summed E-state index contributed by atoms with van der Waals surface area (Å²) < 4.78 is 27.8. The van der Waals surface area contributed by atoms with Crippen molar-refractivity contribution >= 4 is 135 Å². The van der Waals surface area contributed by atoms with E-state index < -0.39 is 6.71 Å². The number of para-hydroxylation sites is 10. The van der Waals surface area contributed by atoms with Crippen LogP contribution >= 0.6 is 0 Å². The van der Waals surface area contributed by atoms with Gasteiger partial charge in [-0.1, -0.05) is 283 Å². The van der Waals surface area contributed by atoms with Crippen molar-refractivity contribution in [1.82, 2.24) is 0 Å². The lowest BCUT2D eigenvalue weighted by Crippen LogP contribution is -2.61. The minimum absolute atomic E-state index is 0.121. The Hall–Kier alpha value is -14.0. The molecule has 16 aromatic carbocycles. The van der Waals surface area contributed by atoms with Crippen LogP contribution in [0.5, 0.6) is 23.0 Å². The SMILES string of the molecule is CC(C)(C)c1ccc(-c2cc(C(C)(C)C)cc(-c3cccc4oc5ccccc5c34)c2N2c3cc(N4c5ccccc5Oc5ccccc54)ccc3B3c4ccc(N5c6ccccc6Oc6ccccc65)cc4N(c4c(-c5ccc(C(C)(C)C)cc5)cc(C(C)(C)C)cc4-c4cccc5oc6ccccc6c45)c4cc(-c5ccccc5)cc2c43)cc1. The molecule has 0 fully saturated rings. The number of rotatable bonds is 9. The molecule has 0 radical (unpaired) electrons. The third kappa shape index (κ3) is 11.9. The number of nitrogens with zero attached hydrogens (tertiary/aromatic N) is 4. The van der Waals surface area contributed by atoms with Crippen LogP contribution in [0.15, 0.2) is 342 Å². The second-order valence-electron chi connectivity index (χ2n) is 37.2. The maximum atomic E-state index is 7.02. The summed E-state index contributed by atoms with van der Waals surface area (Å²) >= 11 is 0. The molecule has 6 heterocycles. The molecule has 0 amide bonds. The van der Waals surface area contributed by atoms with Crippen LogP contribution in [0.3, 0.4) is 0 Å². The first kappa shape index (κ1) is 73.4. The smallest absolute Gasteiger partial charge is 0.252 e. The van der Waals surface area contributed by atoms with Gasteiger partial charge in [-0.05, 0) is 227 Å². The molecule has 0 atom stereocenters. The third-order valence-electron chi connectivity index (χ3n) is 25.4. The first-order chi connectivity index (χ1) is 58.5. The van der Waals surface area contributed by atoms with Crippen LogP contribution in [-0.2, 0) is 21.7 Å². The predicted molar refractivity (Wildman–Crippen MR) is 507 cm³/mol. The molecule has 0 saturated heterocycles. The van der Waals surface area contributed by atoms with Crippen LogP contribution in [0.2, 0.25) is 0 Å². The summed E-state index contributed by atoms with van der Waals surface area (Å²) in [6.45, 7) is 27.6. The summed E-state index contributed by atoms with van der Waals surface area (Å²) in [5.74, 6) is 3.11. The van der Waals surface area contributed by atoms with Gasteiger partial charge in [0.2, 0.25) is 0 Å². The van der Waals surface area contributed by atoms with E-state index in [4.69, 9.17) is 18.3 Å². The van der Waals surface area contributed by atoms with Gasteiger partial charge >= 0.3 is 0 Å². The van der Waals surface area contributed by atoms with Gasteiger partial charge < -0.3 is 37.9 Å². The fourth-order valence-corrected chi connectivity index (χ4v) is 19.3. The Bertz CT molecular complexity index is 6790. The maximum absolute atomic E-state index is 7.02. The average molecular weight is 1570 g/mol. The number of benzene rings is 16. The second-order valence-corrected chi connectivity index (χ2v) is 37.2. The highest BCUT2D eigenvalue weighted by Crippen LogP contribution is 2.60. The van der Waals surface area contributed by atoms with E-state index >= 15 is 0 Å². The predicted octanol–water partition coefficient (Wildman–Crippen LogP) is 30.2. The molecule has 0 spiro atoms. The largest absolute Gasteiger partial charge is 0.456 e. The lowest BCUT2D eigenvalue weighted by atomic mass is 9.33. The number of hydrogen-bond donors (Lipinski definition) is 0. The minimum Gasteiger partial charge on any atom is -0.456 e. The average Bonchev–Trinajstić information content (AvgIpc) is 0.830. The first-order valence-corrected chi connectivity index (χ1v) is 42.4. The molecule has 0 bridgehead atoms.